The molecular formula is C7H13N3O6S. The molecular weight excluding hydrogens is 254 g/mol. The molecule has 1 fully saturated rings. The summed E-state index contributed by atoms with van der Waals surface area (Å²) in [4.78, 5) is 26.3. The number of carbonyl (C=O) groups excluding carboxylic acids is 2. The smallest absolute Gasteiger partial charge is 0.341 e. The van der Waals surface area contributed by atoms with Gasteiger partial charge in [0, 0.05) is 6.42 Å². The highest BCUT2D eigenvalue weighted by Gasteiger charge is 2.31. The molecule has 0 spiro atoms. The fraction of sp³-hybridized carbons (Fsp3) is 0.714. The average Bonchev–Trinajstić information content (AvgIpc) is 2.16. The first-order valence-electron chi connectivity index (χ1n) is 4.73. The fourth-order valence-electron chi connectivity index (χ4n) is 1.33. The molecule has 17 heavy (non-hydrogen) atoms. The van der Waals surface area contributed by atoms with Crippen molar-refractivity contribution in [3.63, 3.8) is 0 Å². The Morgan fingerprint density at radius 2 is 2.18 bits per heavy atom. The Morgan fingerprint density at radius 1 is 1.53 bits per heavy atom. The largest absolute Gasteiger partial charge is 0.370 e. The first-order chi connectivity index (χ1) is 7.78. The predicted octanol–water partition coefficient (Wildman–Crippen LogP) is -2.51. The predicted molar refractivity (Wildman–Crippen MR) is 54.8 cm³/mol. The number of hydrogen-bond donors (Lipinski definition) is 4. The van der Waals surface area contributed by atoms with Gasteiger partial charge in [-0.15, -0.1) is 5.48 Å². The van der Waals surface area contributed by atoms with Gasteiger partial charge in [-0.3, -0.25) is 14.7 Å². The Bertz CT molecular complexity index is 408. The first-order valence-corrected chi connectivity index (χ1v) is 6.34. The van der Waals surface area contributed by atoms with Crippen LogP contribution in [0.4, 0.5) is 0 Å². The summed E-state index contributed by atoms with van der Waals surface area (Å²) >= 11 is 0. The highest BCUT2D eigenvalue weighted by molar-refractivity contribution is 7.85. The SMILES string of the molecule is NC(=O)CC[C@H]1NC(CS(=O)(=O)O)NOC1=O. The van der Waals surface area contributed by atoms with E-state index in [1.54, 1.807) is 0 Å². The molecule has 0 bridgehead atoms. The number of hydrogen-bond acceptors (Lipinski definition) is 7. The highest BCUT2D eigenvalue weighted by Crippen LogP contribution is 2.05. The molecule has 1 aliphatic heterocycles. The van der Waals surface area contributed by atoms with E-state index in [0.29, 0.717) is 0 Å². The summed E-state index contributed by atoms with van der Waals surface area (Å²) in [6.07, 6.45) is -0.871. The maximum Gasteiger partial charge on any atom is 0.341 e. The Kier molecular flexibility index (Phi) is 4.40. The highest BCUT2D eigenvalue weighted by atomic mass is 32.2. The summed E-state index contributed by atoms with van der Waals surface area (Å²) in [7, 11) is -4.20. The third kappa shape index (κ3) is 5.08. The minimum absolute atomic E-state index is 0.0363. The molecule has 5 N–H and O–H groups in total. The Labute approximate surface area is 97.4 Å². The van der Waals surface area contributed by atoms with Crippen molar-refractivity contribution in [2.75, 3.05) is 5.75 Å². The van der Waals surface area contributed by atoms with Gasteiger partial charge in [-0.1, -0.05) is 0 Å². The van der Waals surface area contributed by atoms with E-state index >= 15 is 0 Å². The molecule has 0 aromatic heterocycles. The summed E-state index contributed by atoms with van der Waals surface area (Å²) in [6, 6.07) is -0.838. The van der Waals surface area contributed by atoms with Gasteiger partial charge in [-0.2, -0.15) is 8.42 Å². The lowest BCUT2D eigenvalue weighted by molar-refractivity contribution is -0.163. The number of nitrogens with two attached hydrogens (primary N) is 1. The van der Waals surface area contributed by atoms with Crippen molar-refractivity contribution in [2.24, 2.45) is 5.73 Å². The standard InChI is InChI=1S/C7H13N3O6S/c8-5(11)2-1-4-7(12)16-10-6(9-4)3-17(13,14)15/h4,6,9-10H,1-3H2,(H2,8,11)(H,13,14,15)/t4-,6?/m1/s1. The van der Waals surface area contributed by atoms with Crippen LogP contribution in [0.2, 0.25) is 0 Å². The van der Waals surface area contributed by atoms with Crippen LogP contribution in [0.25, 0.3) is 0 Å². The number of carbonyl (C=O) groups is 2. The molecule has 0 saturated carbocycles. The van der Waals surface area contributed by atoms with Gasteiger partial charge >= 0.3 is 5.97 Å². The average molecular weight is 267 g/mol. The van der Waals surface area contributed by atoms with Crippen molar-refractivity contribution in [3.8, 4) is 0 Å². The van der Waals surface area contributed by atoms with Gasteiger partial charge < -0.3 is 10.6 Å². The summed E-state index contributed by atoms with van der Waals surface area (Å²) in [6.45, 7) is 0. The van der Waals surface area contributed by atoms with Crippen molar-refractivity contribution >= 4 is 22.0 Å². The molecule has 2 atom stereocenters. The van der Waals surface area contributed by atoms with Gasteiger partial charge in [0.25, 0.3) is 10.1 Å². The van der Waals surface area contributed by atoms with E-state index < -0.39 is 40.0 Å². The van der Waals surface area contributed by atoms with Gasteiger partial charge in [0.2, 0.25) is 5.91 Å². The third-order valence-corrected chi connectivity index (χ3v) is 2.80. The number of hydroxylamine groups is 1. The van der Waals surface area contributed by atoms with E-state index in [1.165, 1.54) is 0 Å². The van der Waals surface area contributed by atoms with E-state index in [0.717, 1.165) is 0 Å². The second-order valence-electron chi connectivity index (χ2n) is 3.56. The number of primary amides is 1. The molecule has 0 aliphatic carbocycles. The fourth-order valence-corrected chi connectivity index (χ4v) is 1.91. The normalized spacial score (nSPS) is 25.4. The van der Waals surface area contributed by atoms with Crippen LogP contribution in [-0.4, -0.2) is 42.8 Å². The van der Waals surface area contributed by atoms with E-state index in [2.05, 4.69) is 15.6 Å². The van der Waals surface area contributed by atoms with Gasteiger partial charge in [0.15, 0.2) is 0 Å². The maximum absolute atomic E-state index is 11.2. The van der Waals surface area contributed by atoms with Crippen LogP contribution in [-0.2, 0) is 24.5 Å². The minimum Gasteiger partial charge on any atom is -0.370 e. The zero-order valence-corrected chi connectivity index (χ0v) is 9.57. The molecule has 1 heterocycles. The molecule has 1 amide bonds. The van der Waals surface area contributed by atoms with Crippen molar-refractivity contribution in [1.82, 2.24) is 10.8 Å². The molecule has 1 unspecified atom stereocenters. The zero-order valence-electron chi connectivity index (χ0n) is 8.75. The summed E-state index contributed by atoms with van der Waals surface area (Å²) in [5.74, 6) is -1.91. The van der Waals surface area contributed by atoms with E-state index in [-0.39, 0.29) is 12.8 Å². The maximum atomic E-state index is 11.2. The van der Waals surface area contributed by atoms with Crippen LogP contribution in [0.3, 0.4) is 0 Å². The van der Waals surface area contributed by atoms with E-state index in [4.69, 9.17) is 10.3 Å². The van der Waals surface area contributed by atoms with Gasteiger partial charge in [0.1, 0.15) is 18.0 Å². The minimum atomic E-state index is -4.20. The Balaban J connectivity index is 2.53. The van der Waals surface area contributed by atoms with Crippen LogP contribution >= 0.6 is 0 Å². The monoisotopic (exact) mass is 267 g/mol. The van der Waals surface area contributed by atoms with Gasteiger partial charge in [-0.25, -0.2) is 4.79 Å². The molecule has 0 aromatic rings. The molecule has 1 saturated heterocycles. The van der Waals surface area contributed by atoms with Gasteiger partial charge in [-0.05, 0) is 6.42 Å². The van der Waals surface area contributed by atoms with Crippen molar-refractivity contribution in [2.45, 2.75) is 25.0 Å². The van der Waals surface area contributed by atoms with Crippen LogP contribution < -0.4 is 16.5 Å². The topological polar surface area (TPSA) is 148 Å². The molecule has 0 aromatic carbocycles. The Morgan fingerprint density at radius 3 is 2.71 bits per heavy atom. The number of amides is 1. The lowest BCUT2D eigenvalue weighted by Gasteiger charge is -2.29. The number of rotatable bonds is 5. The van der Waals surface area contributed by atoms with Crippen molar-refractivity contribution in [1.29, 1.82) is 0 Å². The summed E-state index contributed by atoms with van der Waals surface area (Å²) < 4.78 is 29.8. The second-order valence-corrected chi connectivity index (χ2v) is 5.06. The van der Waals surface area contributed by atoms with Crippen LogP contribution in [0.1, 0.15) is 12.8 Å². The lowest BCUT2D eigenvalue weighted by Crippen LogP contribution is -2.60. The first kappa shape index (κ1) is 13.8. The molecule has 0 radical (unpaired) electrons. The van der Waals surface area contributed by atoms with E-state index in [9.17, 15) is 18.0 Å². The molecule has 10 heteroatoms. The van der Waals surface area contributed by atoms with Crippen LogP contribution in [0.15, 0.2) is 0 Å². The summed E-state index contributed by atoms with van der Waals surface area (Å²) in [5, 5.41) is 2.58. The number of nitrogens with one attached hydrogen (secondary N) is 2. The van der Waals surface area contributed by atoms with Crippen LogP contribution in [0, 0.1) is 0 Å². The van der Waals surface area contributed by atoms with Crippen LogP contribution in [0.5, 0.6) is 0 Å². The molecule has 1 rings (SSSR count). The third-order valence-electron chi connectivity index (χ3n) is 2.05. The van der Waals surface area contributed by atoms with Gasteiger partial charge in [0.05, 0.1) is 0 Å². The second kappa shape index (κ2) is 5.40. The lowest BCUT2D eigenvalue weighted by atomic mass is 10.1. The molecule has 1 aliphatic rings. The van der Waals surface area contributed by atoms with Crippen molar-refractivity contribution < 1.29 is 27.4 Å². The van der Waals surface area contributed by atoms with Crippen molar-refractivity contribution in [3.05, 3.63) is 0 Å². The molecule has 9 nitrogen and oxygen atoms in total. The summed E-state index contributed by atoms with van der Waals surface area (Å²) in [5.41, 5.74) is 7.05. The Hall–Kier alpha value is -1.23. The van der Waals surface area contributed by atoms with E-state index in [1.807, 2.05) is 0 Å². The zero-order chi connectivity index (χ0) is 13.1. The molecule has 98 valence electrons. The quantitative estimate of drug-likeness (QED) is 0.399.